The first-order valence-corrected chi connectivity index (χ1v) is 8.00. The van der Waals surface area contributed by atoms with Crippen LogP contribution >= 0.6 is 0 Å². The third-order valence-corrected chi connectivity index (χ3v) is 4.34. The molecular formula is C17H25FN2O3. The summed E-state index contributed by atoms with van der Waals surface area (Å²) in [5.74, 6) is -0.279. The molecule has 0 radical (unpaired) electrons. The van der Waals surface area contributed by atoms with Crippen molar-refractivity contribution in [2.75, 3.05) is 19.8 Å². The molecular weight excluding hydrogens is 299 g/mol. The molecule has 0 spiro atoms. The summed E-state index contributed by atoms with van der Waals surface area (Å²) in [4.78, 5) is 11.9. The minimum atomic E-state index is -0.753. The fourth-order valence-electron chi connectivity index (χ4n) is 2.62. The summed E-state index contributed by atoms with van der Waals surface area (Å²) < 4.78 is 18.8. The number of rotatable bonds is 5. The lowest BCUT2D eigenvalue weighted by molar-refractivity contribution is -0.0669. The van der Waals surface area contributed by atoms with E-state index in [1.165, 1.54) is 6.07 Å². The number of hydrogen-bond donors (Lipinski definition) is 3. The van der Waals surface area contributed by atoms with Crippen molar-refractivity contribution < 1.29 is 19.0 Å². The summed E-state index contributed by atoms with van der Waals surface area (Å²) in [5, 5.41) is 15.8. The second-order valence-corrected chi connectivity index (χ2v) is 6.22. The summed E-state index contributed by atoms with van der Waals surface area (Å²) in [7, 11) is 0. The number of carbonyl (C=O) groups is 1. The molecule has 1 saturated heterocycles. The van der Waals surface area contributed by atoms with Crippen LogP contribution in [-0.4, -0.2) is 36.5 Å². The molecule has 1 aromatic carbocycles. The van der Waals surface area contributed by atoms with Crippen LogP contribution in [0.4, 0.5) is 9.18 Å². The lowest BCUT2D eigenvalue weighted by atomic mass is 9.91. The first-order chi connectivity index (χ1) is 10.9. The first kappa shape index (κ1) is 17.7. The number of urea groups is 1. The smallest absolute Gasteiger partial charge is 0.315 e. The summed E-state index contributed by atoms with van der Waals surface area (Å²) in [6.45, 7) is 5.00. The third-order valence-electron chi connectivity index (χ3n) is 4.34. The van der Waals surface area contributed by atoms with Gasteiger partial charge in [0.25, 0.3) is 0 Å². The fraction of sp³-hybridized carbons (Fsp3) is 0.588. The summed E-state index contributed by atoms with van der Waals surface area (Å²) in [5.41, 5.74) is 0.540. The van der Waals surface area contributed by atoms with E-state index in [0.717, 1.165) is 0 Å². The number of ether oxygens (including phenoxy) is 1. The Hall–Kier alpha value is -1.66. The van der Waals surface area contributed by atoms with Crippen molar-refractivity contribution >= 4 is 6.03 Å². The van der Waals surface area contributed by atoms with Crippen LogP contribution in [0.15, 0.2) is 18.2 Å². The van der Waals surface area contributed by atoms with Crippen LogP contribution in [-0.2, 0) is 4.74 Å². The average Bonchev–Trinajstić information content (AvgIpc) is 2.50. The highest BCUT2D eigenvalue weighted by Gasteiger charge is 2.29. The van der Waals surface area contributed by atoms with Gasteiger partial charge in [-0.2, -0.15) is 0 Å². The van der Waals surface area contributed by atoms with Crippen molar-refractivity contribution in [1.29, 1.82) is 0 Å². The number of halogens is 1. The molecule has 2 amide bonds. The van der Waals surface area contributed by atoms with Gasteiger partial charge in [-0.25, -0.2) is 9.18 Å². The molecule has 0 saturated carbocycles. The van der Waals surface area contributed by atoms with Gasteiger partial charge in [-0.15, -0.1) is 0 Å². The minimum absolute atomic E-state index is 0.279. The van der Waals surface area contributed by atoms with Gasteiger partial charge in [0.1, 0.15) is 5.82 Å². The molecule has 2 rings (SSSR count). The number of aryl methyl sites for hydroxylation is 1. The van der Waals surface area contributed by atoms with E-state index >= 15 is 0 Å². The van der Waals surface area contributed by atoms with Gasteiger partial charge >= 0.3 is 6.03 Å². The third kappa shape index (κ3) is 5.18. The van der Waals surface area contributed by atoms with Gasteiger partial charge in [-0.05, 0) is 50.3 Å². The number of carbonyl (C=O) groups excluding carboxylic acids is 1. The molecule has 6 heteroatoms. The standard InChI is InChI=1S/C17H25FN2O3/c1-12-3-4-14(11-15(12)18)13(2)20-16(21)19-8-5-17(22)6-9-23-10-7-17/h3-4,11,13,22H,5-10H2,1-2H3,(H2,19,20,21)/t13-/m1/s1. The Morgan fingerprint density at radius 1 is 1.43 bits per heavy atom. The molecule has 0 unspecified atom stereocenters. The van der Waals surface area contributed by atoms with Gasteiger partial charge in [-0.1, -0.05) is 12.1 Å². The topological polar surface area (TPSA) is 70.6 Å². The van der Waals surface area contributed by atoms with E-state index in [2.05, 4.69) is 10.6 Å². The summed E-state index contributed by atoms with van der Waals surface area (Å²) >= 11 is 0. The molecule has 5 nitrogen and oxygen atoms in total. The number of nitrogens with one attached hydrogen (secondary N) is 2. The normalized spacial score (nSPS) is 18.3. The lowest BCUT2D eigenvalue weighted by Gasteiger charge is -2.32. The highest BCUT2D eigenvalue weighted by Crippen LogP contribution is 2.23. The van der Waals surface area contributed by atoms with E-state index < -0.39 is 5.60 Å². The average molecular weight is 324 g/mol. The molecule has 1 atom stereocenters. The maximum atomic E-state index is 13.6. The lowest BCUT2D eigenvalue weighted by Crippen LogP contribution is -2.42. The van der Waals surface area contributed by atoms with Crippen LogP contribution in [0, 0.1) is 12.7 Å². The molecule has 3 N–H and O–H groups in total. The Morgan fingerprint density at radius 3 is 2.78 bits per heavy atom. The Bertz CT molecular complexity index is 545. The van der Waals surface area contributed by atoms with E-state index in [-0.39, 0.29) is 17.9 Å². The molecule has 1 heterocycles. The van der Waals surface area contributed by atoms with Crippen LogP contribution in [0.2, 0.25) is 0 Å². The maximum absolute atomic E-state index is 13.6. The van der Waals surface area contributed by atoms with E-state index in [1.807, 2.05) is 0 Å². The van der Waals surface area contributed by atoms with Crippen LogP contribution in [0.25, 0.3) is 0 Å². The Balaban J connectivity index is 1.76. The monoisotopic (exact) mass is 324 g/mol. The van der Waals surface area contributed by atoms with Crippen molar-refractivity contribution in [3.05, 3.63) is 35.1 Å². The van der Waals surface area contributed by atoms with Gasteiger partial charge in [-0.3, -0.25) is 0 Å². The van der Waals surface area contributed by atoms with Crippen molar-refractivity contribution in [2.45, 2.75) is 44.8 Å². The zero-order valence-electron chi connectivity index (χ0n) is 13.7. The molecule has 23 heavy (non-hydrogen) atoms. The van der Waals surface area contributed by atoms with Gasteiger partial charge in [0.2, 0.25) is 0 Å². The van der Waals surface area contributed by atoms with E-state index in [9.17, 15) is 14.3 Å². The molecule has 128 valence electrons. The molecule has 1 aliphatic rings. The highest BCUT2D eigenvalue weighted by atomic mass is 19.1. The number of benzene rings is 1. The van der Waals surface area contributed by atoms with Crippen LogP contribution in [0.5, 0.6) is 0 Å². The predicted octanol–water partition coefficient (Wildman–Crippen LogP) is 2.43. The minimum Gasteiger partial charge on any atom is -0.390 e. The van der Waals surface area contributed by atoms with E-state index in [0.29, 0.717) is 50.1 Å². The van der Waals surface area contributed by atoms with Crippen molar-refractivity contribution in [2.24, 2.45) is 0 Å². The number of amides is 2. The summed E-state index contributed by atoms with van der Waals surface area (Å²) in [6.07, 6.45) is 1.68. The van der Waals surface area contributed by atoms with Crippen molar-refractivity contribution in [3.8, 4) is 0 Å². The maximum Gasteiger partial charge on any atom is 0.315 e. The molecule has 1 fully saturated rings. The van der Waals surface area contributed by atoms with Gasteiger partial charge in [0.05, 0.1) is 11.6 Å². The summed E-state index contributed by atoms with van der Waals surface area (Å²) in [6, 6.07) is 4.31. The largest absolute Gasteiger partial charge is 0.390 e. The quantitative estimate of drug-likeness (QED) is 0.779. The predicted molar refractivity (Wildman–Crippen MR) is 85.7 cm³/mol. The fourth-order valence-corrected chi connectivity index (χ4v) is 2.62. The van der Waals surface area contributed by atoms with Crippen LogP contribution < -0.4 is 10.6 Å². The molecule has 0 aromatic heterocycles. The van der Waals surface area contributed by atoms with Crippen molar-refractivity contribution in [3.63, 3.8) is 0 Å². The van der Waals surface area contributed by atoms with Crippen LogP contribution in [0.1, 0.15) is 43.4 Å². The molecule has 0 bridgehead atoms. The van der Waals surface area contributed by atoms with E-state index in [4.69, 9.17) is 4.74 Å². The molecule has 0 aliphatic carbocycles. The van der Waals surface area contributed by atoms with Gasteiger partial charge in [0, 0.05) is 19.8 Å². The number of hydrogen-bond acceptors (Lipinski definition) is 3. The zero-order chi connectivity index (χ0) is 16.9. The van der Waals surface area contributed by atoms with Gasteiger partial charge < -0.3 is 20.5 Å². The molecule has 1 aliphatic heterocycles. The van der Waals surface area contributed by atoms with E-state index in [1.54, 1.807) is 26.0 Å². The first-order valence-electron chi connectivity index (χ1n) is 8.00. The number of aliphatic hydroxyl groups is 1. The molecule has 1 aromatic rings. The second kappa shape index (κ2) is 7.75. The highest BCUT2D eigenvalue weighted by molar-refractivity contribution is 5.74. The SMILES string of the molecule is Cc1ccc([C@@H](C)NC(=O)NCCC2(O)CCOCC2)cc1F. The Labute approximate surface area is 136 Å². The van der Waals surface area contributed by atoms with Crippen molar-refractivity contribution in [1.82, 2.24) is 10.6 Å². The second-order valence-electron chi connectivity index (χ2n) is 6.22. The zero-order valence-corrected chi connectivity index (χ0v) is 13.7. The Kier molecular flexibility index (Phi) is 5.96. The van der Waals surface area contributed by atoms with Crippen LogP contribution in [0.3, 0.4) is 0 Å². The van der Waals surface area contributed by atoms with Gasteiger partial charge in [0.15, 0.2) is 0 Å². The Morgan fingerprint density at radius 2 is 2.13 bits per heavy atom.